The van der Waals surface area contributed by atoms with Crippen LogP contribution in [0.1, 0.15) is 84.5 Å². The molecular weight excluding hydrogens is 657 g/mol. The first kappa shape index (κ1) is 40.8. The summed E-state index contributed by atoms with van der Waals surface area (Å²) in [4.78, 5) is 54.4. The Morgan fingerprint density at radius 1 is 1.08 bits per heavy atom. The zero-order chi connectivity index (χ0) is 37.9. The molecule has 51 heavy (non-hydrogen) atoms. The number of Topliss-reactive ketones (excluding diaryl/α,β-unsaturated/α-hetero) is 1. The third kappa shape index (κ3) is 12.0. The number of phenols is 1. The van der Waals surface area contributed by atoms with Crippen LogP contribution in [-0.4, -0.2) is 66.5 Å². The average Bonchev–Trinajstić information content (AvgIpc) is 3.09. The van der Waals surface area contributed by atoms with Gasteiger partial charge in [-0.2, -0.15) is 0 Å². The van der Waals surface area contributed by atoms with E-state index in [4.69, 9.17) is 18.9 Å². The van der Waals surface area contributed by atoms with Gasteiger partial charge < -0.3 is 29.0 Å². The Morgan fingerprint density at radius 3 is 2.45 bits per heavy atom. The van der Waals surface area contributed by atoms with Crippen LogP contribution in [0, 0.1) is 23.1 Å². The van der Waals surface area contributed by atoms with Gasteiger partial charge in [-0.15, -0.1) is 0 Å². The Kier molecular flexibility index (Phi) is 14.8. The van der Waals surface area contributed by atoms with Gasteiger partial charge in [0.15, 0.2) is 11.5 Å². The summed E-state index contributed by atoms with van der Waals surface area (Å²) in [7, 11) is 1.44. The fraction of sp³-hybridized carbons (Fsp3) is 0.500. The van der Waals surface area contributed by atoms with Gasteiger partial charge in [-0.1, -0.05) is 46.4 Å². The molecule has 0 unspecified atom stereocenters. The molecule has 1 N–H and O–H groups in total. The Balaban J connectivity index is 1.85. The minimum absolute atomic E-state index is 0.0545. The number of aromatic hydroxyl groups is 1. The van der Waals surface area contributed by atoms with Gasteiger partial charge in [-0.25, -0.2) is 14.0 Å². The van der Waals surface area contributed by atoms with Gasteiger partial charge in [0.1, 0.15) is 36.9 Å². The fourth-order valence-corrected chi connectivity index (χ4v) is 5.37. The molecule has 1 aliphatic rings. The first-order valence-electron chi connectivity index (χ1n) is 17.4. The summed E-state index contributed by atoms with van der Waals surface area (Å²) in [5.74, 6) is -2.84. The van der Waals surface area contributed by atoms with E-state index in [0.717, 1.165) is 11.1 Å². The molecule has 2 aromatic rings. The number of carbonyl (C=O) groups is 4. The molecule has 3 rings (SSSR count). The number of phenolic OH excluding ortho intramolecular Hbond substituents is 1. The molecule has 0 spiro atoms. The topological polar surface area (TPSA) is 129 Å². The highest BCUT2D eigenvalue weighted by Crippen LogP contribution is 2.33. The summed E-state index contributed by atoms with van der Waals surface area (Å²) in [5, 5.41) is 10.3. The van der Waals surface area contributed by atoms with E-state index >= 15 is 4.39 Å². The van der Waals surface area contributed by atoms with Crippen molar-refractivity contribution in [2.75, 3.05) is 26.9 Å². The molecule has 0 bridgehead atoms. The van der Waals surface area contributed by atoms with Crippen molar-refractivity contribution in [3.63, 3.8) is 0 Å². The number of aryl methyl sites for hydroxylation is 1. The highest BCUT2D eigenvalue weighted by atomic mass is 19.1. The summed E-state index contributed by atoms with van der Waals surface area (Å²) in [6, 6.07) is 7.98. The highest BCUT2D eigenvalue weighted by molar-refractivity contribution is 6.38. The molecule has 10 nitrogen and oxygen atoms in total. The number of allylic oxidation sites excluding steroid dienone is 1. The maximum atomic E-state index is 15.0. The molecule has 1 aliphatic heterocycles. The molecular formula is C40H52FNO9. The summed E-state index contributed by atoms with van der Waals surface area (Å²) in [5.41, 5.74) is 0.530. The van der Waals surface area contributed by atoms with Crippen molar-refractivity contribution in [2.45, 2.75) is 85.8 Å². The predicted octanol–water partition coefficient (Wildman–Crippen LogP) is 7.08. The summed E-state index contributed by atoms with van der Waals surface area (Å²) >= 11 is 0. The Morgan fingerprint density at radius 2 is 1.80 bits per heavy atom. The number of ether oxygens (including phenoxy) is 4. The van der Waals surface area contributed by atoms with Gasteiger partial charge in [-0.05, 0) is 98.8 Å². The zero-order valence-corrected chi connectivity index (χ0v) is 30.8. The summed E-state index contributed by atoms with van der Waals surface area (Å²) in [6.07, 6.45) is 3.97. The van der Waals surface area contributed by atoms with Gasteiger partial charge in [0, 0.05) is 18.7 Å². The molecule has 2 aromatic carbocycles. The Labute approximate surface area is 300 Å². The summed E-state index contributed by atoms with van der Waals surface area (Å²) in [6.45, 7) is 14.8. The van der Waals surface area contributed by atoms with E-state index in [2.05, 4.69) is 6.58 Å². The Hall–Kier alpha value is -4.67. The maximum absolute atomic E-state index is 15.0. The fourth-order valence-electron chi connectivity index (χ4n) is 5.37. The third-order valence-corrected chi connectivity index (χ3v) is 8.74. The van der Waals surface area contributed by atoms with E-state index in [1.165, 1.54) is 44.1 Å². The van der Waals surface area contributed by atoms with Crippen LogP contribution >= 0.6 is 0 Å². The number of hydrogen-bond donors (Lipinski definition) is 1. The first-order chi connectivity index (χ1) is 24.0. The third-order valence-electron chi connectivity index (χ3n) is 8.74. The van der Waals surface area contributed by atoms with E-state index in [-0.39, 0.29) is 55.9 Å². The number of likely N-dealkylation sites (tertiary alicyclic amines) is 1. The number of rotatable bonds is 17. The lowest BCUT2D eigenvalue weighted by Gasteiger charge is -2.36. The van der Waals surface area contributed by atoms with Gasteiger partial charge in [0.2, 0.25) is 5.78 Å². The molecule has 2 atom stereocenters. The van der Waals surface area contributed by atoms with Crippen LogP contribution < -0.4 is 9.47 Å². The molecule has 278 valence electrons. The van der Waals surface area contributed by atoms with Crippen LogP contribution in [0.25, 0.3) is 0 Å². The van der Waals surface area contributed by atoms with Gasteiger partial charge in [-0.3, -0.25) is 9.59 Å². The molecule has 0 aliphatic carbocycles. The van der Waals surface area contributed by atoms with E-state index in [0.29, 0.717) is 30.6 Å². The van der Waals surface area contributed by atoms with Crippen LogP contribution in [-0.2, 0) is 35.1 Å². The van der Waals surface area contributed by atoms with E-state index < -0.39 is 47.0 Å². The molecule has 1 heterocycles. The van der Waals surface area contributed by atoms with Crippen molar-refractivity contribution >= 4 is 23.6 Å². The number of esters is 2. The average molecular weight is 710 g/mol. The molecule has 1 amide bonds. The van der Waals surface area contributed by atoms with E-state index in [1.807, 2.05) is 27.7 Å². The second kappa shape index (κ2) is 18.5. The minimum Gasteiger partial charge on any atom is -0.504 e. The molecule has 0 saturated carbocycles. The first-order valence-corrected chi connectivity index (χ1v) is 17.4. The molecule has 0 aromatic heterocycles. The second-order valence-electron chi connectivity index (χ2n) is 14.2. The SMILES string of the molecule is C=C(COc1cc(F)cc([C@@H](CCc2ccc(OC)c(O)c2)OC(=O)[C@@H]2CCCCN2C(=O)C(=O)C(C)(C)COC(=O)C=CC(C)C)c1)C(C)C. The number of methoxy groups -OCH3 is 1. The maximum Gasteiger partial charge on any atom is 0.330 e. The number of amides is 1. The number of benzene rings is 2. The van der Waals surface area contributed by atoms with Crippen molar-refractivity contribution in [3.05, 3.63) is 77.6 Å². The van der Waals surface area contributed by atoms with Gasteiger partial charge >= 0.3 is 11.9 Å². The van der Waals surface area contributed by atoms with E-state index in [9.17, 15) is 24.3 Å². The molecule has 1 saturated heterocycles. The van der Waals surface area contributed by atoms with Crippen molar-refractivity contribution in [1.82, 2.24) is 4.90 Å². The standard InChI is InChI=1S/C40H52FNO9/c1-25(2)12-17-36(44)50-24-40(6,7)37(45)38(46)42-18-10-9-11-32(42)39(47)51-34(15-13-28-14-16-35(48-8)33(43)19-28)29-20-30(41)22-31(21-29)49-23-27(5)26(3)4/h12,14,16-17,19-22,25-26,32,34,43H,5,9-11,13,15,18,23-24H2,1-4,6-8H3/t32-,34+/m0/s1. The van der Waals surface area contributed by atoms with Crippen molar-refractivity contribution in [1.29, 1.82) is 0 Å². The number of carbonyl (C=O) groups excluding carboxylic acids is 4. The van der Waals surface area contributed by atoms with Crippen LogP contribution in [0.15, 0.2) is 60.7 Å². The van der Waals surface area contributed by atoms with Crippen LogP contribution in [0.5, 0.6) is 17.2 Å². The quantitative estimate of drug-likeness (QED) is 0.0793. The van der Waals surface area contributed by atoms with Crippen molar-refractivity contribution < 1.29 is 47.6 Å². The lowest BCUT2D eigenvalue weighted by molar-refractivity contribution is -0.165. The Bertz CT molecular complexity index is 1600. The number of hydrogen-bond acceptors (Lipinski definition) is 9. The predicted molar refractivity (Wildman–Crippen MR) is 191 cm³/mol. The van der Waals surface area contributed by atoms with Crippen molar-refractivity contribution in [2.24, 2.45) is 17.3 Å². The summed E-state index contributed by atoms with van der Waals surface area (Å²) < 4.78 is 37.3. The minimum atomic E-state index is -1.35. The number of nitrogens with zero attached hydrogens (tertiary/aromatic N) is 1. The zero-order valence-electron chi connectivity index (χ0n) is 30.8. The van der Waals surface area contributed by atoms with Crippen LogP contribution in [0.3, 0.4) is 0 Å². The smallest absolute Gasteiger partial charge is 0.330 e. The lowest BCUT2D eigenvalue weighted by atomic mass is 9.87. The molecule has 0 radical (unpaired) electrons. The van der Waals surface area contributed by atoms with Gasteiger partial charge in [0.05, 0.1) is 12.5 Å². The number of piperidine rings is 1. The van der Waals surface area contributed by atoms with Crippen LogP contribution in [0.2, 0.25) is 0 Å². The highest BCUT2D eigenvalue weighted by Gasteiger charge is 2.42. The normalized spacial score (nSPS) is 15.5. The second-order valence-corrected chi connectivity index (χ2v) is 14.2. The van der Waals surface area contributed by atoms with Crippen molar-refractivity contribution in [3.8, 4) is 17.2 Å². The molecule has 11 heteroatoms. The monoisotopic (exact) mass is 709 g/mol. The lowest BCUT2D eigenvalue weighted by Crippen LogP contribution is -2.53. The molecule has 1 fully saturated rings. The van der Waals surface area contributed by atoms with E-state index in [1.54, 1.807) is 30.3 Å². The number of halogens is 1. The van der Waals surface area contributed by atoms with Gasteiger partial charge in [0.25, 0.3) is 5.91 Å². The van der Waals surface area contributed by atoms with Crippen LogP contribution in [0.4, 0.5) is 4.39 Å². The number of ketones is 1. The largest absolute Gasteiger partial charge is 0.504 e.